The first-order valence-electron chi connectivity index (χ1n) is 7.23. The maximum atomic E-state index is 9.47. The van der Waals surface area contributed by atoms with E-state index in [0.717, 1.165) is 0 Å². The van der Waals surface area contributed by atoms with E-state index in [1.165, 1.54) is 37.8 Å². The standard InChI is InChI=1S/C16H25NO/c1-13(12-18)16(14-8-4-2-5-9-14)17-15-10-6-3-7-11-15/h3,6-7,10-11,13-14,16-18H,2,4-5,8-9,12H2,1H3. The molecule has 0 saturated heterocycles. The monoisotopic (exact) mass is 247 g/mol. The van der Waals surface area contributed by atoms with Gasteiger partial charge in [0.1, 0.15) is 0 Å². The van der Waals surface area contributed by atoms with Crippen LogP contribution in [0.3, 0.4) is 0 Å². The van der Waals surface area contributed by atoms with E-state index in [2.05, 4.69) is 36.5 Å². The Morgan fingerprint density at radius 2 is 1.83 bits per heavy atom. The highest BCUT2D eigenvalue weighted by atomic mass is 16.3. The van der Waals surface area contributed by atoms with Gasteiger partial charge in [-0.1, -0.05) is 44.4 Å². The number of aliphatic hydroxyl groups is 1. The molecule has 0 heterocycles. The van der Waals surface area contributed by atoms with Gasteiger partial charge in [-0.2, -0.15) is 0 Å². The summed E-state index contributed by atoms with van der Waals surface area (Å²) in [6.07, 6.45) is 6.66. The van der Waals surface area contributed by atoms with Crippen LogP contribution >= 0.6 is 0 Å². The number of nitrogens with one attached hydrogen (secondary N) is 1. The minimum atomic E-state index is 0.265. The third-order valence-corrected chi connectivity index (χ3v) is 4.17. The highest BCUT2D eigenvalue weighted by molar-refractivity contribution is 5.43. The van der Waals surface area contributed by atoms with Crippen LogP contribution in [0.5, 0.6) is 0 Å². The van der Waals surface area contributed by atoms with Crippen molar-refractivity contribution in [2.24, 2.45) is 11.8 Å². The Labute approximate surface area is 110 Å². The number of para-hydroxylation sites is 1. The summed E-state index contributed by atoms with van der Waals surface area (Å²) in [5, 5.41) is 13.1. The molecule has 0 bridgehead atoms. The van der Waals surface area contributed by atoms with Crippen LogP contribution in [0.1, 0.15) is 39.0 Å². The molecule has 0 radical (unpaired) electrons. The van der Waals surface area contributed by atoms with E-state index in [0.29, 0.717) is 17.9 Å². The molecule has 0 spiro atoms. The van der Waals surface area contributed by atoms with Crippen molar-refractivity contribution >= 4 is 5.69 Å². The summed E-state index contributed by atoms with van der Waals surface area (Å²) in [6.45, 7) is 2.41. The molecule has 2 rings (SSSR count). The zero-order chi connectivity index (χ0) is 12.8. The van der Waals surface area contributed by atoms with Gasteiger partial charge in [-0.25, -0.2) is 0 Å². The lowest BCUT2D eigenvalue weighted by Gasteiger charge is -2.35. The van der Waals surface area contributed by atoms with E-state index >= 15 is 0 Å². The van der Waals surface area contributed by atoms with Gasteiger partial charge in [0.05, 0.1) is 0 Å². The van der Waals surface area contributed by atoms with E-state index in [1.807, 2.05) is 6.07 Å². The van der Waals surface area contributed by atoms with E-state index in [1.54, 1.807) is 0 Å². The van der Waals surface area contributed by atoms with Crippen molar-refractivity contribution in [3.05, 3.63) is 30.3 Å². The van der Waals surface area contributed by atoms with Crippen LogP contribution in [0.4, 0.5) is 5.69 Å². The number of benzene rings is 1. The van der Waals surface area contributed by atoms with E-state index in [-0.39, 0.29) is 6.61 Å². The summed E-state index contributed by atoms with van der Waals surface area (Å²) in [4.78, 5) is 0. The molecule has 1 fully saturated rings. The Morgan fingerprint density at radius 3 is 2.44 bits per heavy atom. The molecule has 0 aromatic heterocycles. The van der Waals surface area contributed by atoms with Crippen molar-refractivity contribution in [1.29, 1.82) is 0 Å². The molecule has 2 atom stereocenters. The van der Waals surface area contributed by atoms with Gasteiger partial charge in [0.25, 0.3) is 0 Å². The van der Waals surface area contributed by atoms with Gasteiger partial charge in [0.15, 0.2) is 0 Å². The second-order valence-electron chi connectivity index (χ2n) is 5.59. The molecule has 18 heavy (non-hydrogen) atoms. The summed E-state index contributed by atoms with van der Waals surface area (Å²) in [6, 6.07) is 10.8. The first-order chi connectivity index (χ1) is 8.81. The summed E-state index contributed by atoms with van der Waals surface area (Å²) in [5.41, 5.74) is 1.17. The molecule has 2 N–H and O–H groups in total. The largest absolute Gasteiger partial charge is 0.396 e. The third kappa shape index (κ3) is 3.49. The molecule has 2 nitrogen and oxygen atoms in total. The minimum Gasteiger partial charge on any atom is -0.396 e. The molecular formula is C16H25NO. The molecule has 2 heteroatoms. The van der Waals surface area contributed by atoms with Crippen LogP contribution in [0, 0.1) is 11.8 Å². The van der Waals surface area contributed by atoms with E-state index < -0.39 is 0 Å². The molecule has 0 aliphatic heterocycles. The molecule has 1 aliphatic rings. The number of rotatable bonds is 5. The van der Waals surface area contributed by atoms with Crippen LogP contribution in [-0.4, -0.2) is 17.8 Å². The fraction of sp³-hybridized carbons (Fsp3) is 0.625. The van der Waals surface area contributed by atoms with Gasteiger partial charge < -0.3 is 10.4 Å². The number of hydrogen-bond donors (Lipinski definition) is 2. The summed E-state index contributed by atoms with van der Waals surface area (Å²) in [5.74, 6) is 1.02. The van der Waals surface area contributed by atoms with Gasteiger partial charge in [0.2, 0.25) is 0 Å². The topological polar surface area (TPSA) is 32.3 Å². The molecule has 1 aromatic carbocycles. The Bertz CT molecular complexity index is 332. The van der Waals surface area contributed by atoms with E-state index in [4.69, 9.17) is 0 Å². The van der Waals surface area contributed by atoms with Crippen LogP contribution in [0.2, 0.25) is 0 Å². The van der Waals surface area contributed by atoms with Gasteiger partial charge in [0, 0.05) is 18.3 Å². The van der Waals surface area contributed by atoms with Gasteiger partial charge >= 0.3 is 0 Å². The summed E-state index contributed by atoms with van der Waals surface area (Å²) >= 11 is 0. The van der Waals surface area contributed by atoms with Gasteiger partial charge in [-0.3, -0.25) is 0 Å². The maximum Gasteiger partial charge on any atom is 0.0476 e. The van der Waals surface area contributed by atoms with Crippen LogP contribution < -0.4 is 5.32 Å². The highest BCUT2D eigenvalue weighted by Crippen LogP contribution is 2.31. The first-order valence-corrected chi connectivity index (χ1v) is 7.23. The zero-order valence-corrected chi connectivity index (χ0v) is 11.3. The van der Waals surface area contributed by atoms with Crippen LogP contribution in [0.15, 0.2) is 30.3 Å². The smallest absolute Gasteiger partial charge is 0.0476 e. The average Bonchev–Trinajstić information content (AvgIpc) is 2.46. The molecule has 1 saturated carbocycles. The molecule has 0 amide bonds. The Hall–Kier alpha value is -1.02. The fourth-order valence-electron chi connectivity index (χ4n) is 3.06. The average molecular weight is 247 g/mol. The van der Waals surface area contributed by atoms with E-state index in [9.17, 15) is 5.11 Å². The van der Waals surface area contributed by atoms with Gasteiger partial charge in [-0.15, -0.1) is 0 Å². The van der Waals surface area contributed by atoms with Crippen molar-refractivity contribution in [3.8, 4) is 0 Å². The molecular weight excluding hydrogens is 222 g/mol. The Balaban J connectivity index is 2.04. The Kier molecular flexibility index (Phi) is 5.06. The maximum absolute atomic E-state index is 9.47. The Morgan fingerprint density at radius 1 is 1.17 bits per heavy atom. The zero-order valence-electron chi connectivity index (χ0n) is 11.3. The predicted octanol–water partition coefficient (Wildman–Crippen LogP) is 3.68. The van der Waals surface area contributed by atoms with Crippen molar-refractivity contribution < 1.29 is 5.11 Å². The van der Waals surface area contributed by atoms with Crippen molar-refractivity contribution in [1.82, 2.24) is 0 Å². The second kappa shape index (κ2) is 6.79. The highest BCUT2D eigenvalue weighted by Gasteiger charge is 2.27. The van der Waals surface area contributed by atoms with Gasteiger partial charge in [-0.05, 0) is 36.8 Å². The molecule has 1 aliphatic carbocycles. The number of anilines is 1. The normalized spacial score (nSPS) is 20.3. The van der Waals surface area contributed by atoms with Crippen molar-refractivity contribution in [2.45, 2.75) is 45.1 Å². The first kappa shape index (κ1) is 13.4. The molecule has 100 valence electrons. The minimum absolute atomic E-state index is 0.265. The van der Waals surface area contributed by atoms with Crippen molar-refractivity contribution in [3.63, 3.8) is 0 Å². The lowest BCUT2D eigenvalue weighted by Crippen LogP contribution is -2.38. The third-order valence-electron chi connectivity index (χ3n) is 4.17. The summed E-state index contributed by atoms with van der Waals surface area (Å²) < 4.78 is 0. The predicted molar refractivity (Wildman–Crippen MR) is 76.7 cm³/mol. The second-order valence-corrected chi connectivity index (χ2v) is 5.59. The quantitative estimate of drug-likeness (QED) is 0.832. The number of aliphatic hydroxyl groups excluding tert-OH is 1. The molecule has 2 unspecified atom stereocenters. The fourth-order valence-corrected chi connectivity index (χ4v) is 3.06. The SMILES string of the molecule is CC(CO)C(Nc1ccccc1)C1CCCCC1. The van der Waals surface area contributed by atoms with Crippen molar-refractivity contribution in [2.75, 3.05) is 11.9 Å². The molecule has 1 aromatic rings. The number of hydrogen-bond acceptors (Lipinski definition) is 2. The lowest BCUT2D eigenvalue weighted by molar-refractivity contribution is 0.181. The van der Waals surface area contributed by atoms with Crippen LogP contribution in [0.25, 0.3) is 0 Å². The lowest BCUT2D eigenvalue weighted by atomic mass is 9.79. The van der Waals surface area contributed by atoms with Crippen LogP contribution in [-0.2, 0) is 0 Å². The summed E-state index contributed by atoms with van der Waals surface area (Å²) in [7, 11) is 0.